The summed E-state index contributed by atoms with van der Waals surface area (Å²) in [5, 5.41) is 2.98. The molecule has 7 heteroatoms. The molecule has 3 aromatic rings. The third-order valence-corrected chi connectivity index (χ3v) is 6.94. The molecule has 0 fully saturated rings. The second-order valence-corrected chi connectivity index (χ2v) is 9.59. The third kappa shape index (κ3) is 6.60. The number of ketones is 1. The van der Waals surface area contributed by atoms with Gasteiger partial charge in [0.15, 0.2) is 5.78 Å². The summed E-state index contributed by atoms with van der Waals surface area (Å²) in [4.78, 5) is 24.0. The van der Waals surface area contributed by atoms with Crippen molar-refractivity contribution in [2.24, 2.45) is 0 Å². The van der Waals surface area contributed by atoms with Crippen molar-refractivity contribution in [2.75, 3.05) is 6.54 Å². The summed E-state index contributed by atoms with van der Waals surface area (Å²) >= 11 is 0. The van der Waals surface area contributed by atoms with E-state index in [0.717, 1.165) is 12.0 Å². The van der Waals surface area contributed by atoms with Gasteiger partial charge in [0, 0.05) is 30.1 Å². The first-order valence-corrected chi connectivity index (χ1v) is 12.3. The van der Waals surface area contributed by atoms with E-state index in [2.05, 4.69) is 29.1 Å². The number of carbonyl (C=O) groups excluding carboxylic acids is 2. The van der Waals surface area contributed by atoms with Crippen LogP contribution in [0.1, 0.15) is 58.0 Å². The fourth-order valence-electron chi connectivity index (χ4n) is 3.45. The van der Waals surface area contributed by atoms with E-state index in [1.807, 2.05) is 18.2 Å². The Bertz CT molecular complexity index is 1190. The van der Waals surface area contributed by atoms with Crippen molar-refractivity contribution in [3.63, 3.8) is 0 Å². The third-order valence-electron chi connectivity index (χ3n) is 5.53. The summed E-state index contributed by atoms with van der Waals surface area (Å²) in [6.45, 7) is 4.16. The van der Waals surface area contributed by atoms with Crippen molar-refractivity contribution in [1.82, 2.24) is 10.0 Å². The number of amides is 1. The number of rotatable bonds is 10. The van der Waals surface area contributed by atoms with E-state index in [1.165, 1.54) is 36.8 Å². The van der Waals surface area contributed by atoms with Gasteiger partial charge >= 0.3 is 0 Å². The smallest absolute Gasteiger partial charge is 0.251 e. The minimum atomic E-state index is -3.72. The van der Waals surface area contributed by atoms with Gasteiger partial charge in [-0.2, -0.15) is 0 Å². The molecule has 0 bridgehead atoms. The van der Waals surface area contributed by atoms with Gasteiger partial charge in [0.05, 0.1) is 4.90 Å². The van der Waals surface area contributed by atoms with Gasteiger partial charge in [0.2, 0.25) is 10.0 Å². The van der Waals surface area contributed by atoms with Gasteiger partial charge in [-0.25, -0.2) is 13.1 Å². The van der Waals surface area contributed by atoms with E-state index in [9.17, 15) is 18.0 Å². The summed E-state index contributed by atoms with van der Waals surface area (Å²) in [5.74, 6) is -0.0447. The second-order valence-electron chi connectivity index (χ2n) is 7.83. The molecule has 1 unspecified atom stereocenters. The first-order chi connectivity index (χ1) is 15.8. The molecule has 1 amide bonds. The molecular weight excluding hydrogens is 436 g/mol. The molecule has 172 valence electrons. The zero-order valence-electron chi connectivity index (χ0n) is 18.7. The molecule has 0 radical (unpaired) electrons. The lowest BCUT2D eigenvalue weighted by Gasteiger charge is -2.16. The number of sulfonamides is 1. The molecule has 0 heterocycles. The van der Waals surface area contributed by atoms with E-state index < -0.39 is 10.0 Å². The minimum Gasteiger partial charge on any atom is -0.351 e. The zero-order valence-corrected chi connectivity index (χ0v) is 19.6. The summed E-state index contributed by atoms with van der Waals surface area (Å²) in [5.41, 5.74) is 2.89. The molecule has 6 nitrogen and oxygen atoms in total. The van der Waals surface area contributed by atoms with Crippen LogP contribution in [0.2, 0.25) is 0 Å². The molecule has 3 aromatic carbocycles. The average Bonchev–Trinajstić information content (AvgIpc) is 2.84. The quantitative estimate of drug-likeness (QED) is 0.438. The second kappa shape index (κ2) is 11.0. The molecule has 33 heavy (non-hydrogen) atoms. The lowest BCUT2D eigenvalue weighted by Crippen LogP contribution is -2.28. The maximum atomic E-state index is 12.5. The Labute approximate surface area is 195 Å². The number of nitrogens with one attached hydrogen (secondary N) is 2. The maximum Gasteiger partial charge on any atom is 0.251 e. The van der Waals surface area contributed by atoms with Crippen molar-refractivity contribution >= 4 is 21.7 Å². The highest BCUT2D eigenvalue weighted by Crippen LogP contribution is 2.18. The van der Waals surface area contributed by atoms with Gasteiger partial charge in [-0.1, -0.05) is 61.5 Å². The number of benzene rings is 3. The summed E-state index contributed by atoms with van der Waals surface area (Å²) in [6, 6.07) is 22.7. The predicted octanol–water partition coefficient (Wildman–Crippen LogP) is 4.29. The lowest BCUT2D eigenvalue weighted by atomic mass is 9.96. The molecule has 1 atom stereocenters. The van der Waals surface area contributed by atoms with Gasteiger partial charge in [-0.3, -0.25) is 9.59 Å². The largest absolute Gasteiger partial charge is 0.351 e. The molecule has 0 aliphatic carbocycles. The number of hydrogen-bond acceptors (Lipinski definition) is 4. The molecule has 3 rings (SSSR count). The van der Waals surface area contributed by atoms with E-state index in [4.69, 9.17) is 0 Å². The van der Waals surface area contributed by atoms with Crippen molar-refractivity contribution in [3.8, 4) is 0 Å². The van der Waals surface area contributed by atoms with Crippen molar-refractivity contribution in [3.05, 3.63) is 101 Å². The predicted molar refractivity (Wildman–Crippen MR) is 129 cm³/mol. The fraction of sp³-hybridized carbons (Fsp3) is 0.231. The monoisotopic (exact) mass is 464 g/mol. The highest BCUT2D eigenvalue weighted by molar-refractivity contribution is 7.89. The summed E-state index contributed by atoms with van der Waals surface area (Å²) in [6.07, 6.45) is 0.918. The van der Waals surface area contributed by atoms with Crippen molar-refractivity contribution in [2.45, 2.75) is 37.6 Å². The fourth-order valence-corrected chi connectivity index (χ4v) is 4.46. The van der Waals surface area contributed by atoms with Crippen LogP contribution in [0.5, 0.6) is 0 Å². The molecule has 0 saturated carbocycles. The molecular formula is C26H28N2O4S. The van der Waals surface area contributed by atoms with Crippen LogP contribution in [-0.4, -0.2) is 26.7 Å². The highest BCUT2D eigenvalue weighted by atomic mass is 32.2. The molecule has 2 N–H and O–H groups in total. The molecule has 0 aliphatic rings. The van der Waals surface area contributed by atoms with Gasteiger partial charge < -0.3 is 5.32 Å². The first-order valence-electron chi connectivity index (χ1n) is 10.8. The van der Waals surface area contributed by atoms with Crippen LogP contribution < -0.4 is 10.0 Å². The first kappa shape index (κ1) is 24.4. The van der Waals surface area contributed by atoms with Crippen LogP contribution >= 0.6 is 0 Å². The van der Waals surface area contributed by atoms with Crippen LogP contribution in [0.25, 0.3) is 0 Å². The topological polar surface area (TPSA) is 92.3 Å². The number of carbonyl (C=O) groups is 2. The normalized spacial score (nSPS) is 12.2. The lowest BCUT2D eigenvalue weighted by molar-refractivity contribution is 0.0950. The van der Waals surface area contributed by atoms with Crippen LogP contribution in [-0.2, 0) is 16.6 Å². The molecule has 0 aromatic heterocycles. The Morgan fingerprint density at radius 1 is 0.848 bits per heavy atom. The molecule has 0 spiro atoms. The van der Waals surface area contributed by atoms with Gasteiger partial charge in [-0.05, 0) is 48.7 Å². The van der Waals surface area contributed by atoms with E-state index >= 15 is 0 Å². The molecule has 0 aliphatic heterocycles. The summed E-state index contributed by atoms with van der Waals surface area (Å²) in [7, 11) is -3.72. The van der Waals surface area contributed by atoms with Crippen molar-refractivity contribution < 1.29 is 18.0 Å². The average molecular weight is 465 g/mol. The summed E-state index contributed by atoms with van der Waals surface area (Å²) < 4.78 is 27.5. The van der Waals surface area contributed by atoms with Crippen LogP contribution in [0, 0.1) is 0 Å². The Morgan fingerprint density at radius 2 is 1.45 bits per heavy atom. The molecule has 0 saturated heterocycles. The van der Waals surface area contributed by atoms with Gasteiger partial charge in [0.25, 0.3) is 5.91 Å². The van der Waals surface area contributed by atoms with E-state index in [-0.39, 0.29) is 29.0 Å². The Morgan fingerprint density at radius 3 is 2.03 bits per heavy atom. The van der Waals surface area contributed by atoms with Crippen molar-refractivity contribution in [1.29, 1.82) is 0 Å². The Hall–Kier alpha value is -3.29. The van der Waals surface area contributed by atoms with Gasteiger partial charge in [-0.15, -0.1) is 0 Å². The van der Waals surface area contributed by atoms with Crippen LogP contribution in [0.15, 0.2) is 83.8 Å². The standard InChI is InChI=1S/C26H28N2O4S/c1-3-21(23-7-5-4-6-8-23)18-27-26(30)24-11-9-20(10-12-24)17-28-33(31,32)25-15-13-22(14-16-25)19(2)29/h4-16,21,28H,3,17-18H2,1-2H3,(H,27,30). The maximum absolute atomic E-state index is 12.5. The Balaban J connectivity index is 1.56. The van der Waals surface area contributed by atoms with E-state index in [0.29, 0.717) is 17.7 Å². The van der Waals surface area contributed by atoms with Crippen LogP contribution in [0.3, 0.4) is 0 Å². The SMILES string of the molecule is CCC(CNC(=O)c1ccc(CNS(=O)(=O)c2ccc(C(C)=O)cc2)cc1)c1ccccc1. The van der Waals surface area contributed by atoms with Gasteiger partial charge in [0.1, 0.15) is 0 Å². The Kier molecular flexibility index (Phi) is 8.14. The minimum absolute atomic E-state index is 0.0879. The zero-order chi connectivity index (χ0) is 23.8. The van der Waals surface area contributed by atoms with Crippen LogP contribution in [0.4, 0.5) is 0 Å². The number of Topliss-reactive ketones (excluding diaryl/α,β-unsaturated/α-hetero) is 1. The highest BCUT2D eigenvalue weighted by Gasteiger charge is 2.15. The van der Waals surface area contributed by atoms with E-state index in [1.54, 1.807) is 24.3 Å². The number of hydrogen-bond donors (Lipinski definition) is 2.